The minimum absolute atomic E-state index is 0.0685. The second kappa shape index (κ2) is 5.63. The Labute approximate surface area is 122 Å². The maximum absolute atomic E-state index is 10.7. The quantitative estimate of drug-likeness (QED) is 0.637. The van der Waals surface area contributed by atoms with Gasteiger partial charge >= 0.3 is 0 Å². The molecular formula is C16H16N2O3. The van der Waals surface area contributed by atoms with E-state index in [0.29, 0.717) is 0 Å². The van der Waals surface area contributed by atoms with Gasteiger partial charge in [0.25, 0.3) is 5.69 Å². The molecule has 21 heavy (non-hydrogen) atoms. The molecule has 1 heterocycles. The van der Waals surface area contributed by atoms with E-state index < -0.39 is 4.92 Å². The second-order valence-corrected chi connectivity index (χ2v) is 5.15. The highest BCUT2D eigenvalue weighted by Crippen LogP contribution is 2.40. The molecule has 1 saturated heterocycles. The lowest BCUT2D eigenvalue weighted by molar-refractivity contribution is -0.384. The summed E-state index contributed by atoms with van der Waals surface area (Å²) in [6, 6.07) is 17.0. The molecular weight excluding hydrogens is 268 g/mol. The van der Waals surface area contributed by atoms with Gasteiger partial charge in [0.1, 0.15) is 6.10 Å². The lowest BCUT2D eigenvalue weighted by Gasteiger charge is -2.17. The monoisotopic (exact) mass is 284 g/mol. The molecule has 3 rings (SSSR count). The van der Waals surface area contributed by atoms with Crippen molar-refractivity contribution in [1.29, 1.82) is 0 Å². The number of nitrogens with zero attached hydrogens (tertiary/aromatic N) is 2. The largest absolute Gasteiger partial charge is 0.291 e. The molecule has 1 aliphatic heterocycles. The minimum Gasteiger partial charge on any atom is -0.291 e. The summed E-state index contributed by atoms with van der Waals surface area (Å²) in [6.45, 7) is 0. The van der Waals surface area contributed by atoms with Gasteiger partial charge in [0, 0.05) is 25.6 Å². The highest BCUT2D eigenvalue weighted by Gasteiger charge is 2.32. The molecule has 5 nitrogen and oxygen atoms in total. The Morgan fingerprint density at radius 1 is 1.10 bits per heavy atom. The van der Waals surface area contributed by atoms with Gasteiger partial charge in [0.2, 0.25) is 0 Å². The molecule has 0 spiro atoms. The molecule has 0 bridgehead atoms. The highest BCUT2D eigenvalue weighted by molar-refractivity contribution is 5.34. The second-order valence-electron chi connectivity index (χ2n) is 5.15. The average Bonchev–Trinajstić information content (AvgIpc) is 2.90. The number of rotatable bonds is 3. The van der Waals surface area contributed by atoms with Crippen molar-refractivity contribution in [2.75, 3.05) is 7.05 Å². The maximum Gasteiger partial charge on any atom is 0.269 e. The predicted molar refractivity (Wildman–Crippen MR) is 78.5 cm³/mol. The lowest BCUT2D eigenvalue weighted by Crippen LogP contribution is -2.16. The number of hydroxylamine groups is 2. The summed E-state index contributed by atoms with van der Waals surface area (Å²) in [5, 5.41) is 12.6. The van der Waals surface area contributed by atoms with Crippen molar-refractivity contribution in [3.63, 3.8) is 0 Å². The van der Waals surface area contributed by atoms with Crippen molar-refractivity contribution in [1.82, 2.24) is 5.06 Å². The Bertz CT molecular complexity index is 628. The molecule has 1 fully saturated rings. The fourth-order valence-corrected chi connectivity index (χ4v) is 2.70. The van der Waals surface area contributed by atoms with Gasteiger partial charge < -0.3 is 0 Å². The SMILES string of the molecule is CN1O[C@H](c2ccc([N+](=O)[O-])cc2)C[C@H]1c1ccccc1. The van der Waals surface area contributed by atoms with Gasteiger partial charge in [-0.25, -0.2) is 0 Å². The van der Waals surface area contributed by atoms with Crippen molar-refractivity contribution in [2.24, 2.45) is 0 Å². The fourth-order valence-electron chi connectivity index (χ4n) is 2.70. The molecule has 0 aromatic heterocycles. The van der Waals surface area contributed by atoms with Crippen LogP contribution in [0.1, 0.15) is 29.7 Å². The number of hydrogen-bond donors (Lipinski definition) is 0. The first-order chi connectivity index (χ1) is 10.1. The summed E-state index contributed by atoms with van der Waals surface area (Å²) < 4.78 is 0. The molecule has 0 aliphatic carbocycles. The number of nitro groups is 1. The Balaban J connectivity index is 1.78. The topological polar surface area (TPSA) is 55.6 Å². The molecule has 5 heteroatoms. The smallest absolute Gasteiger partial charge is 0.269 e. The van der Waals surface area contributed by atoms with E-state index in [1.165, 1.54) is 17.7 Å². The van der Waals surface area contributed by atoms with Gasteiger partial charge in [-0.2, -0.15) is 5.06 Å². The van der Waals surface area contributed by atoms with E-state index in [9.17, 15) is 10.1 Å². The van der Waals surface area contributed by atoms with E-state index in [4.69, 9.17) is 4.84 Å². The van der Waals surface area contributed by atoms with Crippen LogP contribution in [0, 0.1) is 10.1 Å². The average molecular weight is 284 g/mol. The van der Waals surface area contributed by atoms with Crippen LogP contribution in [0.4, 0.5) is 5.69 Å². The number of nitro benzene ring substituents is 1. The predicted octanol–water partition coefficient (Wildman–Crippen LogP) is 3.64. The van der Waals surface area contributed by atoms with Crippen LogP contribution in [0.5, 0.6) is 0 Å². The third-order valence-corrected chi connectivity index (χ3v) is 3.83. The molecule has 2 atom stereocenters. The van der Waals surface area contributed by atoms with Crippen LogP contribution in [0.25, 0.3) is 0 Å². The van der Waals surface area contributed by atoms with Gasteiger partial charge in [0.15, 0.2) is 0 Å². The third kappa shape index (κ3) is 2.79. The van der Waals surface area contributed by atoms with Crippen molar-refractivity contribution in [3.05, 3.63) is 75.8 Å². The Morgan fingerprint density at radius 3 is 2.38 bits per heavy atom. The van der Waals surface area contributed by atoms with Gasteiger partial charge in [-0.15, -0.1) is 0 Å². The Hall–Kier alpha value is -2.24. The molecule has 1 aliphatic rings. The summed E-state index contributed by atoms with van der Waals surface area (Å²) >= 11 is 0. The highest BCUT2D eigenvalue weighted by atomic mass is 16.7. The van der Waals surface area contributed by atoms with Crippen LogP contribution in [-0.4, -0.2) is 17.0 Å². The number of hydrogen-bond acceptors (Lipinski definition) is 4. The maximum atomic E-state index is 10.7. The zero-order valence-electron chi connectivity index (χ0n) is 11.7. The lowest BCUT2D eigenvalue weighted by atomic mass is 9.98. The van der Waals surface area contributed by atoms with Gasteiger partial charge in [-0.3, -0.25) is 15.0 Å². The van der Waals surface area contributed by atoms with Crippen LogP contribution in [0.2, 0.25) is 0 Å². The molecule has 2 aromatic rings. The third-order valence-electron chi connectivity index (χ3n) is 3.83. The van der Waals surface area contributed by atoms with Crippen LogP contribution in [-0.2, 0) is 4.84 Å². The molecule has 0 saturated carbocycles. The molecule has 0 N–H and O–H groups in total. The molecule has 0 amide bonds. The number of non-ortho nitro benzene ring substituents is 1. The minimum atomic E-state index is -0.391. The first-order valence-electron chi connectivity index (χ1n) is 6.84. The van der Waals surface area contributed by atoms with E-state index in [2.05, 4.69) is 12.1 Å². The van der Waals surface area contributed by atoms with Crippen LogP contribution >= 0.6 is 0 Å². The van der Waals surface area contributed by atoms with Crippen molar-refractivity contribution < 1.29 is 9.76 Å². The van der Waals surface area contributed by atoms with Crippen molar-refractivity contribution in [2.45, 2.75) is 18.6 Å². The summed E-state index contributed by atoms with van der Waals surface area (Å²) in [6.07, 6.45) is 0.763. The van der Waals surface area contributed by atoms with Crippen molar-refractivity contribution in [3.8, 4) is 0 Å². The van der Waals surface area contributed by atoms with E-state index in [-0.39, 0.29) is 17.8 Å². The van der Waals surface area contributed by atoms with Crippen LogP contribution in [0.3, 0.4) is 0 Å². The Kier molecular flexibility index (Phi) is 3.68. The summed E-state index contributed by atoms with van der Waals surface area (Å²) in [4.78, 5) is 16.2. The van der Waals surface area contributed by atoms with Crippen LogP contribution in [0.15, 0.2) is 54.6 Å². The van der Waals surface area contributed by atoms with E-state index in [1.807, 2.05) is 30.3 Å². The van der Waals surface area contributed by atoms with E-state index >= 15 is 0 Å². The summed E-state index contributed by atoms with van der Waals surface area (Å²) in [5.74, 6) is 0. The van der Waals surface area contributed by atoms with Crippen LogP contribution < -0.4 is 0 Å². The standard InChI is InChI=1S/C16H16N2O3/c1-17-15(12-5-3-2-4-6-12)11-16(21-17)13-7-9-14(10-8-13)18(19)20/h2-10,15-16H,11H2,1H3/t15-,16-/m0/s1. The van der Waals surface area contributed by atoms with Gasteiger partial charge in [0.05, 0.1) is 11.0 Å². The first kappa shape index (κ1) is 13.7. The molecule has 0 unspecified atom stereocenters. The fraction of sp³-hybridized carbons (Fsp3) is 0.250. The zero-order chi connectivity index (χ0) is 14.8. The van der Waals surface area contributed by atoms with E-state index in [0.717, 1.165) is 12.0 Å². The molecule has 2 aromatic carbocycles. The van der Waals surface area contributed by atoms with Gasteiger partial charge in [-0.05, 0) is 23.3 Å². The van der Waals surface area contributed by atoms with Gasteiger partial charge in [-0.1, -0.05) is 30.3 Å². The Morgan fingerprint density at radius 2 is 1.76 bits per heavy atom. The summed E-state index contributed by atoms with van der Waals surface area (Å²) in [5.41, 5.74) is 2.28. The van der Waals surface area contributed by atoms with Crippen molar-refractivity contribution >= 4 is 5.69 Å². The normalized spacial score (nSPS) is 22.3. The molecule has 0 radical (unpaired) electrons. The summed E-state index contributed by atoms with van der Waals surface area (Å²) in [7, 11) is 1.92. The van der Waals surface area contributed by atoms with E-state index in [1.54, 1.807) is 12.1 Å². The first-order valence-corrected chi connectivity index (χ1v) is 6.84. The number of benzene rings is 2. The zero-order valence-corrected chi connectivity index (χ0v) is 11.7. The molecule has 108 valence electrons.